The Morgan fingerprint density at radius 2 is 1.82 bits per heavy atom. The first-order valence-electron chi connectivity index (χ1n) is 9.67. The summed E-state index contributed by atoms with van der Waals surface area (Å²) in [6.45, 7) is 4.92. The molecular weight excluding hydrogens is 272 g/mol. The summed E-state index contributed by atoms with van der Waals surface area (Å²) in [6, 6.07) is 0. The monoisotopic (exact) mass is 302 g/mol. The van der Waals surface area contributed by atoms with Gasteiger partial charge in [0.25, 0.3) is 0 Å². The van der Waals surface area contributed by atoms with Crippen molar-refractivity contribution < 1.29 is 9.90 Å². The van der Waals surface area contributed by atoms with Gasteiger partial charge in [-0.2, -0.15) is 0 Å². The highest BCUT2D eigenvalue weighted by Crippen LogP contribution is 2.72. The van der Waals surface area contributed by atoms with Crippen LogP contribution in [0.2, 0.25) is 0 Å². The molecule has 0 amide bonds. The van der Waals surface area contributed by atoms with Gasteiger partial charge in [0, 0.05) is 12.3 Å². The molecule has 0 radical (unpaired) electrons. The van der Waals surface area contributed by atoms with Crippen molar-refractivity contribution in [3.63, 3.8) is 0 Å². The fourth-order valence-electron chi connectivity index (χ4n) is 7.97. The average molecular weight is 302 g/mol. The zero-order chi connectivity index (χ0) is 15.3. The van der Waals surface area contributed by atoms with E-state index in [9.17, 15) is 9.90 Å². The second-order valence-corrected chi connectivity index (χ2v) is 9.77. The van der Waals surface area contributed by atoms with Crippen LogP contribution in [0.4, 0.5) is 0 Å². The van der Waals surface area contributed by atoms with E-state index in [0.717, 1.165) is 30.6 Å². The summed E-state index contributed by atoms with van der Waals surface area (Å²) >= 11 is 0. The number of hydrogen-bond acceptors (Lipinski definition) is 2. The molecule has 22 heavy (non-hydrogen) atoms. The number of carbonyl (C=O) groups is 1. The van der Waals surface area contributed by atoms with E-state index in [1.807, 2.05) is 0 Å². The molecule has 2 nitrogen and oxygen atoms in total. The van der Waals surface area contributed by atoms with Crippen LogP contribution in [-0.2, 0) is 4.79 Å². The van der Waals surface area contributed by atoms with Crippen molar-refractivity contribution in [2.24, 2.45) is 46.3 Å². The maximum Gasteiger partial charge on any atom is 0.136 e. The van der Waals surface area contributed by atoms with Crippen molar-refractivity contribution in [2.45, 2.75) is 71.3 Å². The van der Waals surface area contributed by atoms with E-state index < -0.39 is 0 Å². The maximum atomic E-state index is 12.2. The summed E-state index contributed by atoms with van der Waals surface area (Å²) < 4.78 is 0. The molecule has 0 aromatic heterocycles. The van der Waals surface area contributed by atoms with E-state index in [1.54, 1.807) is 0 Å². The molecular formula is C20H30O2. The molecule has 5 fully saturated rings. The van der Waals surface area contributed by atoms with Crippen LogP contribution in [0, 0.1) is 46.3 Å². The third-order valence-corrected chi connectivity index (χ3v) is 9.36. The van der Waals surface area contributed by atoms with E-state index in [2.05, 4.69) is 13.8 Å². The zero-order valence-corrected chi connectivity index (χ0v) is 14.1. The van der Waals surface area contributed by atoms with Crippen molar-refractivity contribution in [3.05, 3.63) is 0 Å². The summed E-state index contributed by atoms with van der Waals surface area (Å²) in [5.74, 6) is 4.80. The number of aliphatic hydroxyl groups excluding tert-OH is 1. The van der Waals surface area contributed by atoms with Crippen molar-refractivity contribution in [1.29, 1.82) is 0 Å². The van der Waals surface area contributed by atoms with E-state index >= 15 is 0 Å². The predicted molar refractivity (Wildman–Crippen MR) is 85.1 cm³/mol. The standard InChI is InChI=1S/C20H30O2/c1-19-8-7-15-12(14(19)5-6-18(19)22)4-3-11-9-17(21)13-10-16(13)20(11,15)2/h11-16,18,22H,3-10H2,1-2H3/t11-,12-,13+,14-,15-,16-,18-,19-,20-/m0/s1. The van der Waals surface area contributed by atoms with Crippen LogP contribution >= 0.6 is 0 Å². The van der Waals surface area contributed by atoms with E-state index in [4.69, 9.17) is 0 Å². The number of ketones is 1. The second kappa shape index (κ2) is 4.18. The quantitative estimate of drug-likeness (QED) is 0.738. The summed E-state index contributed by atoms with van der Waals surface area (Å²) in [4.78, 5) is 12.2. The SMILES string of the molecule is C[C@]12CC[C@H]3[C@@H](CC[C@H]4CC(=O)[C@@H]5C[C@@H]5[C@@]43C)[C@@H]1CC[C@@H]2O. The molecule has 0 saturated heterocycles. The molecule has 0 spiro atoms. The fraction of sp³-hybridized carbons (Fsp3) is 0.950. The Balaban J connectivity index is 1.50. The van der Waals surface area contributed by atoms with Gasteiger partial charge in [-0.3, -0.25) is 4.79 Å². The number of rotatable bonds is 0. The Kier molecular flexibility index (Phi) is 2.66. The molecule has 0 aromatic carbocycles. The van der Waals surface area contributed by atoms with E-state index in [-0.39, 0.29) is 11.5 Å². The van der Waals surface area contributed by atoms with Crippen LogP contribution in [-0.4, -0.2) is 17.0 Å². The third-order valence-electron chi connectivity index (χ3n) is 9.36. The van der Waals surface area contributed by atoms with Gasteiger partial charge in [0.05, 0.1) is 6.10 Å². The number of aliphatic hydroxyl groups is 1. The van der Waals surface area contributed by atoms with Gasteiger partial charge in [-0.1, -0.05) is 13.8 Å². The summed E-state index contributed by atoms with van der Waals surface area (Å²) in [5.41, 5.74) is 0.633. The highest BCUT2D eigenvalue weighted by molar-refractivity contribution is 5.85. The molecule has 2 heteroatoms. The number of carbonyl (C=O) groups excluding carboxylic acids is 1. The summed E-state index contributed by atoms with van der Waals surface area (Å²) in [7, 11) is 0. The summed E-state index contributed by atoms with van der Waals surface area (Å²) in [5, 5.41) is 10.5. The average Bonchev–Trinajstić information content (AvgIpc) is 3.24. The first kappa shape index (κ1) is 14.0. The molecule has 5 rings (SSSR count). The Hall–Kier alpha value is -0.370. The van der Waals surface area contributed by atoms with Crippen molar-refractivity contribution in [3.8, 4) is 0 Å². The van der Waals surface area contributed by atoms with Gasteiger partial charge < -0.3 is 5.11 Å². The molecule has 122 valence electrons. The predicted octanol–water partition coefficient (Wildman–Crippen LogP) is 3.82. The Bertz CT molecular complexity index is 528. The molecule has 1 N–H and O–H groups in total. The van der Waals surface area contributed by atoms with Gasteiger partial charge in [0.2, 0.25) is 0 Å². The van der Waals surface area contributed by atoms with Crippen molar-refractivity contribution in [2.75, 3.05) is 0 Å². The Labute approximate surface area is 134 Å². The van der Waals surface area contributed by atoms with Gasteiger partial charge >= 0.3 is 0 Å². The van der Waals surface area contributed by atoms with E-state index in [0.29, 0.717) is 29.0 Å². The normalized spacial score (nSPS) is 62.7. The van der Waals surface area contributed by atoms with Crippen LogP contribution in [0.25, 0.3) is 0 Å². The fourth-order valence-corrected chi connectivity index (χ4v) is 7.97. The van der Waals surface area contributed by atoms with Crippen molar-refractivity contribution in [1.82, 2.24) is 0 Å². The van der Waals surface area contributed by atoms with Crippen molar-refractivity contribution >= 4 is 5.78 Å². The zero-order valence-electron chi connectivity index (χ0n) is 14.1. The lowest BCUT2D eigenvalue weighted by molar-refractivity contribution is -0.144. The molecule has 5 saturated carbocycles. The Morgan fingerprint density at radius 3 is 2.64 bits per heavy atom. The maximum absolute atomic E-state index is 12.2. The van der Waals surface area contributed by atoms with Gasteiger partial charge in [-0.15, -0.1) is 0 Å². The number of Topliss-reactive ketones (excluding diaryl/α,β-unsaturated/α-hetero) is 1. The molecule has 5 aliphatic carbocycles. The van der Waals surface area contributed by atoms with Gasteiger partial charge in [-0.25, -0.2) is 0 Å². The number of fused-ring (bicyclic) bond motifs is 7. The van der Waals surface area contributed by atoms with Gasteiger partial charge in [-0.05, 0) is 85.4 Å². The summed E-state index contributed by atoms with van der Waals surface area (Å²) in [6.07, 6.45) is 9.39. The van der Waals surface area contributed by atoms with Crippen LogP contribution in [0.15, 0.2) is 0 Å². The lowest BCUT2D eigenvalue weighted by Crippen LogP contribution is -2.55. The van der Waals surface area contributed by atoms with Crippen LogP contribution in [0.5, 0.6) is 0 Å². The van der Waals surface area contributed by atoms with Gasteiger partial charge in [0.1, 0.15) is 5.78 Å². The highest BCUT2D eigenvalue weighted by atomic mass is 16.3. The second-order valence-electron chi connectivity index (χ2n) is 9.77. The Morgan fingerprint density at radius 1 is 1.00 bits per heavy atom. The molecule has 5 aliphatic rings. The van der Waals surface area contributed by atoms with Crippen LogP contribution in [0.1, 0.15) is 65.2 Å². The van der Waals surface area contributed by atoms with Gasteiger partial charge in [0.15, 0.2) is 0 Å². The first-order chi connectivity index (χ1) is 10.5. The van der Waals surface area contributed by atoms with E-state index in [1.165, 1.54) is 38.5 Å². The smallest absolute Gasteiger partial charge is 0.136 e. The third kappa shape index (κ3) is 1.49. The minimum atomic E-state index is -0.0643. The molecule has 0 bridgehead atoms. The van der Waals surface area contributed by atoms with Crippen LogP contribution < -0.4 is 0 Å². The minimum Gasteiger partial charge on any atom is -0.393 e. The molecule has 9 atom stereocenters. The molecule has 0 aliphatic heterocycles. The lowest BCUT2D eigenvalue weighted by atomic mass is 9.45. The lowest BCUT2D eigenvalue weighted by Gasteiger charge is -2.60. The largest absolute Gasteiger partial charge is 0.393 e. The molecule has 0 aromatic rings. The number of hydrogen-bond donors (Lipinski definition) is 1. The molecule has 0 heterocycles. The molecule has 0 unspecified atom stereocenters. The topological polar surface area (TPSA) is 37.3 Å². The highest BCUT2D eigenvalue weighted by Gasteiger charge is 2.67. The van der Waals surface area contributed by atoms with Crippen LogP contribution in [0.3, 0.4) is 0 Å². The first-order valence-corrected chi connectivity index (χ1v) is 9.67. The minimum absolute atomic E-state index is 0.0643.